The van der Waals surface area contributed by atoms with Gasteiger partial charge in [0.1, 0.15) is 10.2 Å². The predicted octanol–water partition coefficient (Wildman–Crippen LogP) is 5.73. The van der Waals surface area contributed by atoms with Crippen LogP contribution in [0.4, 0.5) is 5.69 Å². The normalized spacial score (nSPS) is 13.3. The van der Waals surface area contributed by atoms with Crippen molar-refractivity contribution in [2.45, 2.75) is 52.7 Å². The Kier molecular flexibility index (Phi) is 6.75. The van der Waals surface area contributed by atoms with Crippen molar-refractivity contribution in [2.75, 3.05) is 6.26 Å². The van der Waals surface area contributed by atoms with Crippen LogP contribution in [0.3, 0.4) is 0 Å². The molecule has 0 saturated heterocycles. The van der Waals surface area contributed by atoms with Crippen LogP contribution in [-0.4, -0.2) is 21.2 Å². The molecule has 1 aromatic rings. The van der Waals surface area contributed by atoms with Crippen LogP contribution in [0.5, 0.6) is 0 Å². The third-order valence-electron chi connectivity index (χ3n) is 3.97. The third kappa shape index (κ3) is 5.47. The molecule has 0 amide bonds. The number of hydrogen-bond donors (Lipinski definition) is 0. The number of para-hydroxylation sites is 1. The highest BCUT2D eigenvalue weighted by atomic mass is 32.2. The van der Waals surface area contributed by atoms with Crippen molar-refractivity contribution in [1.29, 1.82) is 0 Å². The lowest BCUT2D eigenvalue weighted by Crippen LogP contribution is -2.34. The molecule has 0 aliphatic carbocycles. The molecule has 0 N–H and O–H groups in total. The summed E-state index contributed by atoms with van der Waals surface area (Å²) >= 11 is 3.47. The summed E-state index contributed by atoms with van der Waals surface area (Å²) in [6.07, 6.45) is 2.49. The average Bonchev–Trinajstić information content (AvgIpc) is 2.38. The summed E-state index contributed by atoms with van der Waals surface area (Å²) in [5.41, 5.74) is 2.07. The van der Waals surface area contributed by atoms with Crippen molar-refractivity contribution in [3.05, 3.63) is 29.8 Å². The number of thioether (sulfide) groups is 2. The van der Waals surface area contributed by atoms with E-state index < -0.39 is 0 Å². The summed E-state index contributed by atoms with van der Waals surface area (Å²) in [4.78, 5) is 16.2. The van der Waals surface area contributed by atoms with Crippen LogP contribution in [0.2, 0.25) is 0 Å². The topological polar surface area (TPSA) is 29.4 Å². The summed E-state index contributed by atoms with van der Waals surface area (Å²) < 4.78 is 1.11. The van der Waals surface area contributed by atoms with E-state index in [1.54, 1.807) is 30.4 Å². The maximum absolute atomic E-state index is 11.4. The monoisotopic (exact) mass is 337 g/mol. The molecule has 0 spiro atoms. The van der Waals surface area contributed by atoms with Crippen LogP contribution >= 0.6 is 23.5 Å². The smallest absolute Gasteiger partial charge is 0.134 e. The standard InChI is InChI=1S/C18H27NOS2/c1-13(20)12-14-10-8-9-11-15(14)19-16(21-7)22-18(5,6)17(2,3)4/h8-11H,12H2,1-7H3. The zero-order valence-corrected chi connectivity index (χ0v) is 16.3. The second-order valence-corrected chi connectivity index (χ2v) is 9.62. The lowest BCUT2D eigenvalue weighted by Gasteiger charge is -2.38. The van der Waals surface area contributed by atoms with E-state index in [1.807, 2.05) is 24.3 Å². The van der Waals surface area contributed by atoms with Crippen molar-refractivity contribution in [2.24, 2.45) is 10.4 Å². The van der Waals surface area contributed by atoms with E-state index in [9.17, 15) is 4.79 Å². The fourth-order valence-corrected chi connectivity index (χ4v) is 3.65. The fourth-order valence-electron chi connectivity index (χ4n) is 1.62. The first-order valence-corrected chi connectivity index (χ1v) is 9.50. The number of ketones is 1. The zero-order chi connectivity index (χ0) is 17.0. The van der Waals surface area contributed by atoms with Gasteiger partial charge in [-0.3, -0.25) is 4.79 Å². The third-order valence-corrected chi connectivity index (χ3v) is 6.55. The molecular formula is C18H27NOS2. The molecule has 0 radical (unpaired) electrons. The predicted molar refractivity (Wildman–Crippen MR) is 103 cm³/mol. The van der Waals surface area contributed by atoms with Gasteiger partial charge in [0, 0.05) is 11.2 Å². The summed E-state index contributed by atoms with van der Waals surface area (Å²) in [5, 5.41) is 0. The van der Waals surface area contributed by atoms with E-state index in [0.29, 0.717) is 6.42 Å². The number of carbonyl (C=O) groups excluding carboxylic acids is 1. The van der Waals surface area contributed by atoms with Crippen molar-refractivity contribution in [3.8, 4) is 0 Å². The quantitative estimate of drug-likeness (QED) is 0.519. The highest BCUT2D eigenvalue weighted by molar-refractivity contribution is 8.39. The highest BCUT2D eigenvalue weighted by Gasteiger charge is 2.34. The molecule has 0 aromatic heterocycles. The van der Waals surface area contributed by atoms with E-state index in [4.69, 9.17) is 4.99 Å². The van der Waals surface area contributed by atoms with E-state index in [2.05, 4.69) is 40.9 Å². The lowest BCUT2D eigenvalue weighted by atomic mass is 9.83. The second-order valence-electron chi connectivity index (χ2n) is 6.95. The number of carbonyl (C=O) groups is 1. The van der Waals surface area contributed by atoms with Gasteiger partial charge in [0.25, 0.3) is 0 Å². The molecule has 0 aliphatic heterocycles. The zero-order valence-electron chi connectivity index (χ0n) is 14.7. The second kappa shape index (κ2) is 7.69. The first-order valence-electron chi connectivity index (χ1n) is 7.46. The summed E-state index contributed by atoms with van der Waals surface area (Å²) in [6, 6.07) is 7.90. The van der Waals surface area contributed by atoms with Crippen LogP contribution < -0.4 is 0 Å². The Hall–Kier alpha value is -0.740. The molecule has 0 heterocycles. The van der Waals surface area contributed by atoms with E-state index in [-0.39, 0.29) is 15.9 Å². The molecule has 0 aliphatic rings. The average molecular weight is 338 g/mol. The number of Topliss-reactive ketones (excluding diaryl/α,β-unsaturated/α-hetero) is 1. The molecule has 0 bridgehead atoms. The van der Waals surface area contributed by atoms with Crippen molar-refractivity contribution >= 4 is 39.4 Å². The SMILES string of the molecule is CSC(=Nc1ccccc1CC(C)=O)SC(C)(C)C(C)(C)C. The minimum atomic E-state index is 0.0738. The Balaban J connectivity index is 3.11. The molecule has 1 rings (SSSR count). The Morgan fingerprint density at radius 2 is 1.73 bits per heavy atom. The number of rotatable bonds is 4. The largest absolute Gasteiger partial charge is 0.300 e. The Bertz CT molecular complexity index is 556. The minimum absolute atomic E-state index is 0.0738. The molecule has 0 fully saturated rings. The maximum Gasteiger partial charge on any atom is 0.134 e. The number of benzene rings is 1. The Morgan fingerprint density at radius 3 is 2.23 bits per heavy atom. The van der Waals surface area contributed by atoms with Gasteiger partial charge in [-0.15, -0.1) is 11.8 Å². The minimum Gasteiger partial charge on any atom is -0.300 e. The molecule has 0 atom stereocenters. The van der Waals surface area contributed by atoms with Gasteiger partial charge in [-0.2, -0.15) is 0 Å². The molecule has 0 unspecified atom stereocenters. The van der Waals surface area contributed by atoms with Gasteiger partial charge >= 0.3 is 0 Å². The number of hydrogen-bond acceptors (Lipinski definition) is 4. The molecule has 122 valence electrons. The first-order chi connectivity index (χ1) is 10.1. The van der Waals surface area contributed by atoms with E-state index in [0.717, 1.165) is 15.6 Å². The van der Waals surface area contributed by atoms with Gasteiger partial charge in [-0.25, -0.2) is 4.99 Å². The van der Waals surface area contributed by atoms with Crippen LogP contribution in [-0.2, 0) is 11.2 Å². The highest BCUT2D eigenvalue weighted by Crippen LogP contribution is 2.44. The molecule has 2 nitrogen and oxygen atoms in total. The van der Waals surface area contributed by atoms with Crippen molar-refractivity contribution < 1.29 is 4.79 Å². The molecule has 0 saturated carbocycles. The first kappa shape index (κ1) is 19.3. The molecule has 4 heteroatoms. The van der Waals surface area contributed by atoms with E-state index in [1.165, 1.54) is 0 Å². The summed E-state index contributed by atoms with van der Waals surface area (Å²) in [6.45, 7) is 12.9. The Labute approximate surface area is 143 Å². The number of nitrogens with zero attached hydrogens (tertiary/aromatic N) is 1. The van der Waals surface area contributed by atoms with Gasteiger partial charge in [0.15, 0.2) is 0 Å². The maximum atomic E-state index is 11.4. The molecule has 1 aromatic carbocycles. The van der Waals surface area contributed by atoms with Gasteiger partial charge in [0.05, 0.1) is 5.69 Å². The van der Waals surface area contributed by atoms with Crippen LogP contribution in [0.1, 0.15) is 47.1 Å². The fraction of sp³-hybridized carbons (Fsp3) is 0.556. The van der Waals surface area contributed by atoms with Gasteiger partial charge in [-0.1, -0.05) is 50.7 Å². The van der Waals surface area contributed by atoms with Crippen LogP contribution in [0.25, 0.3) is 0 Å². The summed E-state index contributed by atoms with van der Waals surface area (Å²) in [7, 11) is 0. The van der Waals surface area contributed by atoms with Gasteiger partial charge in [-0.05, 0) is 44.1 Å². The van der Waals surface area contributed by atoms with Crippen molar-refractivity contribution in [3.63, 3.8) is 0 Å². The van der Waals surface area contributed by atoms with Crippen LogP contribution in [0.15, 0.2) is 29.3 Å². The van der Waals surface area contributed by atoms with Gasteiger partial charge in [0.2, 0.25) is 0 Å². The Morgan fingerprint density at radius 1 is 1.14 bits per heavy atom. The molecule has 22 heavy (non-hydrogen) atoms. The summed E-state index contributed by atoms with van der Waals surface area (Å²) in [5.74, 6) is 0.163. The lowest BCUT2D eigenvalue weighted by molar-refractivity contribution is -0.116. The van der Waals surface area contributed by atoms with Crippen molar-refractivity contribution in [1.82, 2.24) is 0 Å². The number of aliphatic imine (C=N–C) groups is 1. The van der Waals surface area contributed by atoms with Gasteiger partial charge < -0.3 is 0 Å². The molecular weight excluding hydrogens is 310 g/mol. The van der Waals surface area contributed by atoms with Crippen LogP contribution in [0, 0.1) is 5.41 Å². The van der Waals surface area contributed by atoms with E-state index >= 15 is 0 Å².